The average Bonchev–Trinajstić information content (AvgIpc) is 2.95. The molecule has 1 aliphatic rings. The van der Waals surface area contributed by atoms with Gasteiger partial charge in [0.25, 0.3) is 0 Å². The third-order valence-corrected chi connectivity index (χ3v) is 3.89. The van der Waals surface area contributed by atoms with Crippen molar-refractivity contribution in [2.45, 2.75) is 26.6 Å². The van der Waals surface area contributed by atoms with Crippen molar-refractivity contribution in [1.29, 1.82) is 0 Å². The first-order valence-electron chi connectivity index (χ1n) is 7.95. The smallest absolute Gasteiger partial charge is 0.455 e. The van der Waals surface area contributed by atoms with Crippen LogP contribution in [0.4, 0.5) is 18.0 Å². The molecule has 0 saturated heterocycles. The summed E-state index contributed by atoms with van der Waals surface area (Å²) in [5.74, 6) is -1.11. The molecule has 0 bridgehead atoms. The Hall–Kier alpha value is -3.10. The van der Waals surface area contributed by atoms with Crippen LogP contribution in [0, 0.1) is 6.92 Å². The van der Waals surface area contributed by atoms with Crippen LogP contribution in [0.2, 0.25) is 0 Å². The molecule has 0 fully saturated rings. The number of benzene rings is 1. The van der Waals surface area contributed by atoms with Crippen LogP contribution in [0.1, 0.15) is 34.2 Å². The lowest BCUT2D eigenvalue weighted by atomic mass is 9.93. The lowest BCUT2D eigenvalue weighted by molar-refractivity contribution is -0.137. The Morgan fingerprint density at radius 1 is 1.26 bits per heavy atom. The van der Waals surface area contributed by atoms with Crippen LogP contribution in [-0.4, -0.2) is 23.7 Å². The molecule has 1 aliphatic heterocycles. The van der Waals surface area contributed by atoms with Crippen molar-refractivity contribution in [2.24, 2.45) is 0 Å². The Balaban J connectivity index is 2.32. The summed E-state index contributed by atoms with van der Waals surface area (Å²) in [5, 5.41) is 0. The van der Waals surface area contributed by atoms with Gasteiger partial charge < -0.3 is 14.2 Å². The molecule has 0 aliphatic carbocycles. The zero-order valence-corrected chi connectivity index (χ0v) is 14.3. The predicted molar refractivity (Wildman–Crippen MR) is 86.2 cm³/mol. The van der Waals surface area contributed by atoms with Crippen molar-refractivity contribution in [2.75, 3.05) is 6.61 Å². The topological polar surface area (TPSA) is 74.7 Å². The molecule has 0 radical (unpaired) electrons. The molecule has 2 aromatic rings. The van der Waals surface area contributed by atoms with Gasteiger partial charge in [-0.25, -0.2) is 14.6 Å². The quantitative estimate of drug-likeness (QED) is 0.739. The number of aromatic nitrogens is 1. The van der Waals surface area contributed by atoms with E-state index in [-0.39, 0.29) is 47.0 Å². The second-order valence-corrected chi connectivity index (χ2v) is 5.63. The first-order chi connectivity index (χ1) is 12.7. The molecular weight excluding hydrogens is 367 g/mol. The molecule has 1 aromatic carbocycles. The van der Waals surface area contributed by atoms with E-state index in [2.05, 4.69) is 4.98 Å². The summed E-state index contributed by atoms with van der Waals surface area (Å²) < 4.78 is 55.3. The van der Waals surface area contributed by atoms with Gasteiger partial charge in [-0.15, -0.1) is 0 Å². The number of aryl methyl sites for hydroxylation is 1. The van der Waals surface area contributed by atoms with E-state index in [1.807, 2.05) is 0 Å². The highest BCUT2D eigenvalue weighted by molar-refractivity contribution is 6.02. The molecule has 9 heteroatoms. The number of fused-ring (bicyclic) bond motifs is 1. The monoisotopic (exact) mass is 381 g/mol. The van der Waals surface area contributed by atoms with Gasteiger partial charge in [0.05, 0.1) is 29.1 Å². The van der Waals surface area contributed by atoms with Gasteiger partial charge in [0, 0.05) is 5.56 Å². The second kappa shape index (κ2) is 6.90. The summed E-state index contributed by atoms with van der Waals surface area (Å²) in [6.07, 6.45) is -5.80. The molecule has 6 nitrogen and oxygen atoms in total. The molecule has 0 amide bonds. The third-order valence-electron chi connectivity index (χ3n) is 3.89. The maximum atomic E-state index is 13.5. The fourth-order valence-corrected chi connectivity index (χ4v) is 2.84. The number of nitrogens with zero attached hydrogens (tertiary/aromatic N) is 1. The van der Waals surface area contributed by atoms with Gasteiger partial charge >= 0.3 is 18.3 Å². The summed E-state index contributed by atoms with van der Waals surface area (Å²) in [4.78, 5) is 28.1. The second-order valence-electron chi connectivity index (χ2n) is 5.63. The van der Waals surface area contributed by atoms with E-state index < -0.39 is 23.9 Å². The number of halogens is 3. The van der Waals surface area contributed by atoms with Crippen molar-refractivity contribution in [3.05, 3.63) is 46.8 Å². The number of esters is 1. The van der Waals surface area contributed by atoms with E-state index in [4.69, 9.17) is 14.2 Å². The van der Waals surface area contributed by atoms with Crippen molar-refractivity contribution >= 4 is 12.1 Å². The lowest BCUT2D eigenvalue weighted by Crippen LogP contribution is -2.15. The van der Waals surface area contributed by atoms with E-state index in [9.17, 15) is 22.8 Å². The summed E-state index contributed by atoms with van der Waals surface area (Å²) in [5.41, 5.74) is -1.33. The van der Waals surface area contributed by atoms with E-state index >= 15 is 0 Å². The van der Waals surface area contributed by atoms with Crippen LogP contribution in [0.5, 0.6) is 5.75 Å². The highest BCUT2D eigenvalue weighted by Crippen LogP contribution is 2.45. The summed E-state index contributed by atoms with van der Waals surface area (Å²) in [6.45, 7) is 2.84. The highest BCUT2D eigenvalue weighted by Gasteiger charge is 2.38. The Morgan fingerprint density at radius 3 is 2.63 bits per heavy atom. The maximum absolute atomic E-state index is 13.5. The molecule has 1 aromatic heterocycles. The molecule has 0 spiro atoms. The van der Waals surface area contributed by atoms with Gasteiger partial charge in [0.1, 0.15) is 6.61 Å². The number of carbonyl (C=O) groups excluding carboxylic acids is 2. The van der Waals surface area contributed by atoms with Gasteiger partial charge in [-0.2, -0.15) is 13.2 Å². The number of carbonyl (C=O) groups is 2. The summed E-state index contributed by atoms with van der Waals surface area (Å²) >= 11 is 0. The fourth-order valence-electron chi connectivity index (χ4n) is 2.84. The number of hydrogen-bond donors (Lipinski definition) is 0. The predicted octanol–water partition coefficient (Wildman–Crippen LogP) is 4.28. The van der Waals surface area contributed by atoms with Crippen molar-refractivity contribution in [1.82, 2.24) is 4.98 Å². The minimum atomic E-state index is -4.69. The van der Waals surface area contributed by atoms with E-state index in [1.165, 1.54) is 25.1 Å². The van der Waals surface area contributed by atoms with Crippen LogP contribution in [0.3, 0.4) is 0 Å². The number of pyridine rings is 1. The Kier molecular flexibility index (Phi) is 4.77. The molecular formula is C18H14F3NO5. The van der Waals surface area contributed by atoms with Crippen LogP contribution in [-0.2, 0) is 22.3 Å². The molecule has 0 unspecified atom stereocenters. The SMILES string of the molecule is CCOC(=O)Oc1c(C)nc2c(c1-c1ccccc1C(F)(F)F)C(=O)OC2. The minimum absolute atomic E-state index is 0.00671. The lowest BCUT2D eigenvalue weighted by Gasteiger charge is -2.18. The van der Waals surface area contributed by atoms with Gasteiger partial charge in [0.15, 0.2) is 5.75 Å². The normalized spacial score (nSPS) is 13.1. The average molecular weight is 381 g/mol. The molecule has 27 heavy (non-hydrogen) atoms. The molecule has 0 saturated carbocycles. The first kappa shape index (κ1) is 18.7. The number of ether oxygens (including phenoxy) is 3. The van der Waals surface area contributed by atoms with Crippen molar-refractivity contribution < 1.29 is 37.0 Å². The number of rotatable bonds is 3. The van der Waals surface area contributed by atoms with Crippen LogP contribution in [0.25, 0.3) is 11.1 Å². The van der Waals surface area contributed by atoms with Crippen molar-refractivity contribution in [3.63, 3.8) is 0 Å². The van der Waals surface area contributed by atoms with Crippen LogP contribution < -0.4 is 4.74 Å². The summed E-state index contributed by atoms with van der Waals surface area (Å²) in [7, 11) is 0. The molecule has 0 N–H and O–H groups in total. The molecule has 142 valence electrons. The minimum Gasteiger partial charge on any atom is -0.455 e. The third kappa shape index (κ3) is 3.44. The zero-order valence-electron chi connectivity index (χ0n) is 14.3. The number of alkyl halides is 3. The number of hydrogen-bond acceptors (Lipinski definition) is 6. The fraction of sp³-hybridized carbons (Fsp3) is 0.278. The van der Waals surface area contributed by atoms with E-state index in [0.717, 1.165) is 6.07 Å². The number of cyclic esters (lactones) is 1. The Morgan fingerprint density at radius 2 is 1.96 bits per heavy atom. The van der Waals surface area contributed by atoms with Crippen LogP contribution in [0.15, 0.2) is 24.3 Å². The molecule has 2 heterocycles. The highest BCUT2D eigenvalue weighted by atomic mass is 19.4. The van der Waals surface area contributed by atoms with E-state index in [1.54, 1.807) is 6.92 Å². The van der Waals surface area contributed by atoms with E-state index in [0.29, 0.717) is 0 Å². The van der Waals surface area contributed by atoms with Gasteiger partial charge in [-0.05, 0) is 25.5 Å². The summed E-state index contributed by atoms with van der Waals surface area (Å²) in [6, 6.07) is 4.69. The van der Waals surface area contributed by atoms with Gasteiger partial charge in [-0.3, -0.25) is 0 Å². The van der Waals surface area contributed by atoms with Gasteiger partial charge in [0.2, 0.25) is 0 Å². The zero-order chi connectivity index (χ0) is 19.8. The Labute approximate surface area is 151 Å². The molecule has 3 rings (SSSR count). The first-order valence-corrected chi connectivity index (χ1v) is 7.95. The maximum Gasteiger partial charge on any atom is 0.513 e. The van der Waals surface area contributed by atoms with Crippen LogP contribution >= 0.6 is 0 Å². The van der Waals surface area contributed by atoms with Crippen molar-refractivity contribution in [3.8, 4) is 16.9 Å². The largest absolute Gasteiger partial charge is 0.513 e. The standard InChI is InChI=1S/C18H14F3NO5/c1-3-25-17(24)27-15-9(2)22-12-8-26-16(23)14(12)13(15)10-6-4-5-7-11(10)18(19,20)21/h4-7H,3,8H2,1-2H3. The van der Waals surface area contributed by atoms with Gasteiger partial charge in [-0.1, -0.05) is 18.2 Å². The Bertz CT molecular complexity index is 924. The molecule has 0 atom stereocenters.